The fourth-order valence-corrected chi connectivity index (χ4v) is 2.20. The van der Waals surface area contributed by atoms with E-state index in [4.69, 9.17) is 4.42 Å². The minimum atomic E-state index is 0.641. The lowest BCUT2D eigenvalue weighted by molar-refractivity contribution is 0.557. The van der Waals surface area contributed by atoms with E-state index in [1.165, 1.54) is 10.9 Å². The fraction of sp³-hybridized carbons (Fsp3) is 0.118. The highest BCUT2D eigenvalue weighted by Gasteiger charge is 2.01. The number of aliphatic imine (C=N–C) groups is 1. The van der Waals surface area contributed by atoms with Crippen LogP contribution in [0.25, 0.3) is 17.0 Å². The third kappa shape index (κ3) is 2.57. The van der Waals surface area contributed by atoms with E-state index < -0.39 is 0 Å². The summed E-state index contributed by atoms with van der Waals surface area (Å²) in [6, 6.07) is 14.3. The van der Waals surface area contributed by atoms with Gasteiger partial charge in [-0.1, -0.05) is 24.3 Å². The van der Waals surface area contributed by atoms with Gasteiger partial charge >= 0.3 is 0 Å². The van der Waals surface area contributed by atoms with Gasteiger partial charge in [-0.3, -0.25) is 4.99 Å². The average Bonchev–Trinajstić information content (AvgIpc) is 3.08. The van der Waals surface area contributed by atoms with E-state index in [9.17, 15) is 0 Å². The van der Waals surface area contributed by atoms with Gasteiger partial charge < -0.3 is 8.98 Å². The SMILES string of the molecule is Cn1c(C=NC/C=C/c2ccco2)cc2ccccc21. The van der Waals surface area contributed by atoms with E-state index in [1.807, 2.05) is 30.5 Å². The molecule has 0 spiro atoms. The highest BCUT2D eigenvalue weighted by Crippen LogP contribution is 2.16. The van der Waals surface area contributed by atoms with Crippen molar-refractivity contribution in [1.82, 2.24) is 4.57 Å². The number of rotatable bonds is 4. The van der Waals surface area contributed by atoms with Crippen LogP contribution in [0.1, 0.15) is 11.5 Å². The lowest BCUT2D eigenvalue weighted by Gasteiger charge is -1.97. The van der Waals surface area contributed by atoms with Gasteiger partial charge in [0, 0.05) is 24.2 Å². The van der Waals surface area contributed by atoms with Gasteiger partial charge in [0.1, 0.15) is 5.76 Å². The number of aryl methyl sites for hydroxylation is 1. The summed E-state index contributed by atoms with van der Waals surface area (Å²) in [5.74, 6) is 0.852. The van der Waals surface area contributed by atoms with Crippen molar-refractivity contribution >= 4 is 23.2 Å². The Bertz CT molecular complexity index is 748. The largest absolute Gasteiger partial charge is 0.465 e. The lowest BCUT2D eigenvalue weighted by Crippen LogP contribution is -1.94. The van der Waals surface area contributed by atoms with Crippen LogP contribution in [-0.2, 0) is 7.05 Å². The maximum atomic E-state index is 5.21. The van der Waals surface area contributed by atoms with Crippen molar-refractivity contribution in [3.05, 3.63) is 66.3 Å². The first-order chi connectivity index (χ1) is 9.84. The van der Waals surface area contributed by atoms with E-state index >= 15 is 0 Å². The molecule has 0 aliphatic carbocycles. The monoisotopic (exact) mass is 264 g/mol. The zero-order valence-corrected chi connectivity index (χ0v) is 11.4. The van der Waals surface area contributed by atoms with E-state index in [1.54, 1.807) is 6.26 Å². The molecule has 3 rings (SSSR count). The van der Waals surface area contributed by atoms with E-state index in [0.29, 0.717) is 6.54 Å². The molecule has 0 aliphatic heterocycles. The van der Waals surface area contributed by atoms with Crippen LogP contribution in [0.3, 0.4) is 0 Å². The van der Waals surface area contributed by atoms with Crippen LogP contribution in [0.4, 0.5) is 0 Å². The van der Waals surface area contributed by atoms with Crippen LogP contribution in [0.15, 0.2) is 64.2 Å². The fourth-order valence-electron chi connectivity index (χ4n) is 2.20. The smallest absolute Gasteiger partial charge is 0.126 e. The molecule has 0 saturated heterocycles. The molecule has 0 saturated carbocycles. The normalized spacial score (nSPS) is 12.1. The highest BCUT2D eigenvalue weighted by molar-refractivity contribution is 5.90. The topological polar surface area (TPSA) is 30.4 Å². The maximum absolute atomic E-state index is 5.21. The van der Waals surface area contributed by atoms with Crippen molar-refractivity contribution in [3.63, 3.8) is 0 Å². The molecule has 0 radical (unpaired) electrons. The van der Waals surface area contributed by atoms with Crippen LogP contribution in [-0.4, -0.2) is 17.3 Å². The summed E-state index contributed by atoms with van der Waals surface area (Å²) in [6.45, 7) is 0.641. The highest BCUT2D eigenvalue weighted by atomic mass is 16.3. The Balaban J connectivity index is 1.70. The Kier molecular flexibility index (Phi) is 3.50. The van der Waals surface area contributed by atoms with Crippen molar-refractivity contribution in [2.24, 2.45) is 12.0 Å². The summed E-state index contributed by atoms with van der Waals surface area (Å²) in [6.07, 6.45) is 7.49. The molecule has 0 aliphatic rings. The zero-order chi connectivity index (χ0) is 13.8. The van der Waals surface area contributed by atoms with Crippen molar-refractivity contribution in [3.8, 4) is 0 Å². The molecule has 0 bridgehead atoms. The van der Waals surface area contributed by atoms with E-state index in [-0.39, 0.29) is 0 Å². The minimum Gasteiger partial charge on any atom is -0.465 e. The van der Waals surface area contributed by atoms with Gasteiger partial charge in [-0.15, -0.1) is 0 Å². The van der Waals surface area contributed by atoms with Crippen LogP contribution in [0.2, 0.25) is 0 Å². The van der Waals surface area contributed by atoms with Crippen molar-refractivity contribution in [2.75, 3.05) is 6.54 Å². The first kappa shape index (κ1) is 12.5. The first-order valence-electron chi connectivity index (χ1n) is 6.59. The van der Waals surface area contributed by atoms with Crippen molar-refractivity contribution in [2.45, 2.75) is 0 Å². The van der Waals surface area contributed by atoms with Gasteiger partial charge in [-0.05, 0) is 30.3 Å². The molecular formula is C17H16N2O. The summed E-state index contributed by atoms with van der Waals surface area (Å²) >= 11 is 0. The quantitative estimate of drug-likeness (QED) is 0.657. The number of hydrogen-bond donors (Lipinski definition) is 0. The second-order valence-corrected chi connectivity index (χ2v) is 4.60. The number of benzene rings is 1. The maximum Gasteiger partial charge on any atom is 0.126 e. The van der Waals surface area contributed by atoms with Crippen LogP contribution < -0.4 is 0 Å². The summed E-state index contributed by atoms with van der Waals surface area (Å²) < 4.78 is 7.36. The number of furan rings is 1. The minimum absolute atomic E-state index is 0.641. The molecule has 20 heavy (non-hydrogen) atoms. The number of aromatic nitrogens is 1. The van der Waals surface area contributed by atoms with Gasteiger partial charge in [0.15, 0.2) is 0 Å². The molecule has 3 nitrogen and oxygen atoms in total. The third-order valence-electron chi connectivity index (χ3n) is 3.25. The zero-order valence-electron chi connectivity index (χ0n) is 11.4. The lowest BCUT2D eigenvalue weighted by atomic mass is 10.2. The Morgan fingerprint density at radius 2 is 2.10 bits per heavy atom. The van der Waals surface area contributed by atoms with Gasteiger partial charge in [0.2, 0.25) is 0 Å². The predicted octanol–water partition coefficient (Wildman–Crippen LogP) is 3.90. The number of fused-ring (bicyclic) bond motifs is 1. The molecule has 0 N–H and O–H groups in total. The molecule has 1 aromatic carbocycles. The van der Waals surface area contributed by atoms with Crippen molar-refractivity contribution in [1.29, 1.82) is 0 Å². The Hall–Kier alpha value is -2.55. The van der Waals surface area contributed by atoms with Gasteiger partial charge in [0.25, 0.3) is 0 Å². The summed E-state index contributed by atoms with van der Waals surface area (Å²) in [4.78, 5) is 4.42. The molecule has 3 heteroatoms. The van der Waals surface area contributed by atoms with Gasteiger partial charge in [0.05, 0.1) is 18.5 Å². The Morgan fingerprint density at radius 1 is 1.20 bits per heavy atom. The molecule has 3 aromatic rings. The van der Waals surface area contributed by atoms with Crippen LogP contribution >= 0.6 is 0 Å². The Labute approximate surface area is 117 Å². The molecule has 0 unspecified atom stereocenters. The van der Waals surface area contributed by atoms with Crippen LogP contribution in [0, 0.1) is 0 Å². The number of hydrogen-bond acceptors (Lipinski definition) is 2. The molecule has 0 fully saturated rings. The first-order valence-corrected chi connectivity index (χ1v) is 6.59. The van der Waals surface area contributed by atoms with Crippen molar-refractivity contribution < 1.29 is 4.42 Å². The molecule has 0 amide bonds. The van der Waals surface area contributed by atoms with E-state index in [2.05, 4.69) is 46.9 Å². The predicted molar refractivity (Wildman–Crippen MR) is 83.1 cm³/mol. The molecule has 0 atom stereocenters. The second-order valence-electron chi connectivity index (χ2n) is 4.60. The average molecular weight is 264 g/mol. The molecular weight excluding hydrogens is 248 g/mol. The Morgan fingerprint density at radius 3 is 2.90 bits per heavy atom. The molecule has 2 heterocycles. The van der Waals surface area contributed by atoms with Crippen LogP contribution in [0.5, 0.6) is 0 Å². The summed E-state index contributed by atoms with van der Waals surface area (Å²) in [5.41, 5.74) is 2.33. The van der Waals surface area contributed by atoms with Gasteiger partial charge in [-0.2, -0.15) is 0 Å². The number of nitrogens with zero attached hydrogens (tertiary/aromatic N) is 2. The summed E-state index contributed by atoms with van der Waals surface area (Å²) in [5, 5.41) is 1.24. The third-order valence-corrected chi connectivity index (χ3v) is 3.25. The second kappa shape index (κ2) is 5.61. The molecule has 100 valence electrons. The van der Waals surface area contributed by atoms with E-state index in [0.717, 1.165) is 11.5 Å². The molecule has 2 aromatic heterocycles. The number of para-hydroxylation sites is 1. The van der Waals surface area contributed by atoms with Gasteiger partial charge in [-0.25, -0.2) is 0 Å². The summed E-state index contributed by atoms with van der Waals surface area (Å²) in [7, 11) is 2.06. The standard InChI is InChI=1S/C17H16N2O/c1-19-15(12-14-6-2-3-9-17(14)19)13-18-10-4-7-16-8-5-11-20-16/h2-9,11-13H,10H2,1H3/b7-4+,18-13?.